The number of rotatable bonds is 2. The number of anilines is 1. The highest BCUT2D eigenvalue weighted by Crippen LogP contribution is 2.27. The van der Waals surface area contributed by atoms with Crippen LogP contribution in [0.3, 0.4) is 0 Å². The minimum absolute atomic E-state index is 0.309. The maximum absolute atomic E-state index is 11.4. The minimum atomic E-state index is -0.472. The SMILES string of the molecule is CN(C(=O)CO)c1cn(C)c2ccccc12. The maximum Gasteiger partial charge on any atom is 0.252 e. The highest BCUT2D eigenvalue weighted by Gasteiger charge is 2.14. The van der Waals surface area contributed by atoms with Crippen molar-refractivity contribution in [1.82, 2.24) is 4.57 Å². The van der Waals surface area contributed by atoms with Crippen molar-refractivity contribution in [3.8, 4) is 0 Å². The number of nitrogens with zero attached hydrogens (tertiary/aromatic N) is 2. The summed E-state index contributed by atoms with van der Waals surface area (Å²) in [4.78, 5) is 12.9. The van der Waals surface area contributed by atoms with E-state index >= 15 is 0 Å². The fourth-order valence-electron chi connectivity index (χ4n) is 1.83. The monoisotopic (exact) mass is 218 g/mol. The van der Waals surface area contributed by atoms with Gasteiger partial charge in [-0.3, -0.25) is 4.79 Å². The summed E-state index contributed by atoms with van der Waals surface area (Å²) in [7, 11) is 3.60. The van der Waals surface area contributed by atoms with Gasteiger partial charge in [-0.05, 0) is 6.07 Å². The number of hydrogen-bond acceptors (Lipinski definition) is 2. The zero-order chi connectivity index (χ0) is 11.7. The first-order chi connectivity index (χ1) is 7.65. The van der Waals surface area contributed by atoms with Gasteiger partial charge in [0.1, 0.15) is 6.61 Å². The van der Waals surface area contributed by atoms with Gasteiger partial charge in [-0.25, -0.2) is 0 Å². The Morgan fingerprint density at radius 1 is 1.44 bits per heavy atom. The Morgan fingerprint density at radius 3 is 2.81 bits per heavy atom. The lowest BCUT2D eigenvalue weighted by molar-refractivity contribution is -0.120. The van der Waals surface area contributed by atoms with Crippen LogP contribution < -0.4 is 4.90 Å². The molecule has 84 valence electrons. The van der Waals surface area contributed by atoms with E-state index in [-0.39, 0.29) is 5.91 Å². The van der Waals surface area contributed by atoms with Crippen molar-refractivity contribution in [2.45, 2.75) is 0 Å². The summed E-state index contributed by atoms with van der Waals surface area (Å²) in [5, 5.41) is 9.86. The van der Waals surface area contributed by atoms with Crippen molar-refractivity contribution in [2.75, 3.05) is 18.6 Å². The van der Waals surface area contributed by atoms with E-state index in [4.69, 9.17) is 5.11 Å². The van der Waals surface area contributed by atoms with Crippen LogP contribution in [0.4, 0.5) is 5.69 Å². The predicted molar refractivity (Wildman–Crippen MR) is 63.4 cm³/mol. The Kier molecular flexibility index (Phi) is 2.66. The molecule has 0 radical (unpaired) electrons. The molecular weight excluding hydrogens is 204 g/mol. The lowest BCUT2D eigenvalue weighted by Gasteiger charge is -2.14. The number of para-hydroxylation sites is 1. The predicted octanol–water partition coefficient (Wildman–Crippen LogP) is 1.13. The smallest absolute Gasteiger partial charge is 0.252 e. The highest BCUT2D eigenvalue weighted by molar-refractivity contribution is 6.03. The van der Waals surface area contributed by atoms with Crippen LogP contribution in [-0.2, 0) is 11.8 Å². The number of carbonyl (C=O) groups is 1. The molecule has 4 heteroatoms. The van der Waals surface area contributed by atoms with Gasteiger partial charge in [0.2, 0.25) is 0 Å². The summed E-state index contributed by atoms with van der Waals surface area (Å²) in [5.74, 6) is -0.309. The third-order valence-electron chi connectivity index (χ3n) is 2.75. The van der Waals surface area contributed by atoms with E-state index in [2.05, 4.69) is 0 Å². The molecule has 2 rings (SSSR count). The van der Waals surface area contributed by atoms with Crippen LogP contribution in [0.25, 0.3) is 10.9 Å². The number of aliphatic hydroxyl groups excluding tert-OH is 1. The molecule has 0 spiro atoms. The Bertz CT molecular complexity index is 531. The van der Waals surface area contributed by atoms with E-state index in [1.807, 2.05) is 42.1 Å². The number of carbonyl (C=O) groups excluding carboxylic acids is 1. The molecule has 0 unspecified atom stereocenters. The zero-order valence-electron chi connectivity index (χ0n) is 9.34. The van der Waals surface area contributed by atoms with Crippen molar-refractivity contribution in [3.05, 3.63) is 30.5 Å². The van der Waals surface area contributed by atoms with E-state index in [9.17, 15) is 4.79 Å². The van der Waals surface area contributed by atoms with Gasteiger partial charge in [0.25, 0.3) is 5.91 Å². The topological polar surface area (TPSA) is 45.5 Å². The third kappa shape index (κ3) is 1.57. The zero-order valence-corrected chi connectivity index (χ0v) is 9.34. The van der Waals surface area contributed by atoms with Crippen LogP contribution in [0.15, 0.2) is 30.5 Å². The first kappa shape index (κ1) is 10.7. The molecule has 1 amide bonds. The van der Waals surface area contributed by atoms with Crippen LogP contribution in [0.2, 0.25) is 0 Å². The van der Waals surface area contributed by atoms with Gasteiger partial charge in [-0.15, -0.1) is 0 Å². The fourth-order valence-corrected chi connectivity index (χ4v) is 1.83. The van der Waals surface area contributed by atoms with E-state index < -0.39 is 6.61 Å². The van der Waals surface area contributed by atoms with Crippen LogP contribution in [0.5, 0.6) is 0 Å². The molecule has 0 fully saturated rings. The van der Waals surface area contributed by atoms with Crippen LogP contribution in [-0.4, -0.2) is 29.2 Å². The number of likely N-dealkylation sites (N-methyl/N-ethyl adjacent to an activating group) is 1. The lowest BCUT2D eigenvalue weighted by Crippen LogP contribution is -2.28. The molecule has 0 aliphatic rings. The normalized spacial score (nSPS) is 10.7. The second-order valence-corrected chi connectivity index (χ2v) is 3.75. The van der Waals surface area contributed by atoms with Gasteiger partial charge >= 0.3 is 0 Å². The van der Waals surface area contributed by atoms with Gasteiger partial charge in [0.05, 0.1) is 5.69 Å². The molecule has 0 atom stereocenters. The largest absolute Gasteiger partial charge is 0.387 e. The third-order valence-corrected chi connectivity index (χ3v) is 2.75. The minimum Gasteiger partial charge on any atom is -0.387 e. The number of aryl methyl sites for hydroxylation is 1. The maximum atomic E-state index is 11.4. The molecule has 16 heavy (non-hydrogen) atoms. The summed E-state index contributed by atoms with van der Waals surface area (Å²) in [6, 6.07) is 7.85. The molecule has 1 aromatic carbocycles. The van der Waals surface area contributed by atoms with Crippen LogP contribution in [0.1, 0.15) is 0 Å². The molecule has 4 nitrogen and oxygen atoms in total. The molecule has 0 saturated carbocycles. The van der Waals surface area contributed by atoms with Crippen LogP contribution in [0, 0.1) is 0 Å². The van der Waals surface area contributed by atoms with E-state index in [0.717, 1.165) is 16.6 Å². The van der Waals surface area contributed by atoms with Gasteiger partial charge in [0.15, 0.2) is 0 Å². The number of fused-ring (bicyclic) bond motifs is 1. The quantitative estimate of drug-likeness (QED) is 0.821. The van der Waals surface area contributed by atoms with Crippen molar-refractivity contribution in [1.29, 1.82) is 0 Å². The second kappa shape index (κ2) is 3.98. The van der Waals surface area contributed by atoms with Gasteiger partial charge in [0, 0.05) is 31.2 Å². The van der Waals surface area contributed by atoms with Gasteiger partial charge in [-0.2, -0.15) is 0 Å². The van der Waals surface area contributed by atoms with E-state index in [1.165, 1.54) is 4.90 Å². The molecule has 0 aliphatic carbocycles. The summed E-state index contributed by atoms with van der Waals surface area (Å²) in [6.45, 7) is -0.472. The van der Waals surface area contributed by atoms with Gasteiger partial charge < -0.3 is 14.6 Å². The second-order valence-electron chi connectivity index (χ2n) is 3.75. The first-order valence-electron chi connectivity index (χ1n) is 5.06. The van der Waals surface area contributed by atoms with Gasteiger partial charge in [-0.1, -0.05) is 18.2 Å². The number of amides is 1. The lowest BCUT2D eigenvalue weighted by atomic mass is 10.2. The fraction of sp³-hybridized carbons (Fsp3) is 0.250. The van der Waals surface area contributed by atoms with Crippen molar-refractivity contribution in [3.63, 3.8) is 0 Å². The molecule has 0 aliphatic heterocycles. The molecule has 0 saturated heterocycles. The molecule has 1 aromatic heterocycles. The van der Waals surface area contributed by atoms with E-state index in [1.54, 1.807) is 7.05 Å². The molecular formula is C12H14N2O2. The molecule has 0 bridgehead atoms. The Labute approximate surface area is 93.7 Å². The first-order valence-corrected chi connectivity index (χ1v) is 5.06. The van der Waals surface area contributed by atoms with Crippen LogP contribution >= 0.6 is 0 Å². The average Bonchev–Trinajstić information content (AvgIpc) is 2.65. The summed E-state index contributed by atoms with van der Waals surface area (Å²) in [6.07, 6.45) is 1.89. The Hall–Kier alpha value is -1.81. The average molecular weight is 218 g/mol. The molecule has 1 N–H and O–H groups in total. The van der Waals surface area contributed by atoms with E-state index in [0.29, 0.717) is 0 Å². The number of hydrogen-bond donors (Lipinski definition) is 1. The number of aliphatic hydroxyl groups is 1. The molecule has 1 heterocycles. The van der Waals surface area contributed by atoms with Crippen molar-refractivity contribution in [2.24, 2.45) is 7.05 Å². The highest BCUT2D eigenvalue weighted by atomic mass is 16.3. The standard InChI is InChI=1S/C12H14N2O2/c1-13-7-11(14(2)12(16)8-15)9-5-3-4-6-10(9)13/h3-7,15H,8H2,1-2H3. The van der Waals surface area contributed by atoms with Crippen molar-refractivity contribution < 1.29 is 9.90 Å². The summed E-state index contributed by atoms with van der Waals surface area (Å²) in [5.41, 5.74) is 1.88. The molecule has 2 aromatic rings. The number of aromatic nitrogens is 1. The summed E-state index contributed by atoms with van der Waals surface area (Å²) < 4.78 is 1.96. The number of benzene rings is 1. The van der Waals surface area contributed by atoms with Crippen molar-refractivity contribution >= 4 is 22.5 Å². The Morgan fingerprint density at radius 2 is 2.12 bits per heavy atom. The summed E-state index contributed by atoms with van der Waals surface area (Å²) >= 11 is 0. The Balaban J connectivity index is 2.57.